The highest BCUT2D eigenvalue weighted by atomic mass is 16.5. The molecule has 3 rings (SSSR count). The molecule has 0 fully saturated rings. The topological polar surface area (TPSA) is 27.1 Å². The van der Waals surface area contributed by atoms with Gasteiger partial charge in [-0.05, 0) is 31.0 Å². The Labute approximate surface area is 120 Å². The fourth-order valence-electron chi connectivity index (χ4n) is 2.76. The largest absolute Gasteiger partial charge is 0.491 e. The van der Waals surface area contributed by atoms with Crippen LogP contribution in [0.5, 0.6) is 5.75 Å². The number of para-hydroxylation sites is 1. The molecule has 0 saturated carbocycles. The average Bonchev–Trinajstić information content (AvgIpc) is 2.84. The third-order valence-electron chi connectivity index (χ3n) is 4.68. The molecule has 1 aromatic carbocycles. The Morgan fingerprint density at radius 3 is 2.75 bits per heavy atom. The fraction of sp³-hybridized carbons (Fsp3) is 0.471. The van der Waals surface area contributed by atoms with Crippen molar-refractivity contribution in [1.82, 2.24) is 9.78 Å². The van der Waals surface area contributed by atoms with Crippen LogP contribution in [0.2, 0.25) is 0 Å². The molecule has 0 N–H and O–H groups in total. The van der Waals surface area contributed by atoms with Gasteiger partial charge in [0.1, 0.15) is 12.4 Å². The number of rotatable bonds is 3. The Morgan fingerprint density at radius 1 is 1.25 bits per heavy atom. The van der Waals surface area contributed by atoms with E-state index in [1.807, 2.05) is 12.1 Å². The van der Waals surface area contributed by atoms with Gasteiger partial charge in [0, 0.05) is 11.0 Å². The van der Waals surface area contributed by atoms with Crippen molar-refractivity contribution in [2.45, 2.75) is 45.6 Å². The average molecular weight is 270 g/mol. The van der Waals surface area contributed by atoms with Gasteiger partial charge in [0.15, 0.2) is 0 Å². The minimum absolute atomic E-state index is 0.162. The second-order valence-corrected chi connectivity index (χ2v) is 5.75. The van der Waals surface area contributed by atoms with Crippen LogP contribution in [0.4, 0.5) is 0 Å². The standard InChI is InChI=1S/C17H22N2O/c1-4-17(3,5-2)16-12-14-13-8-6-7-9-15(13)20-11-10-19(14)18-16/h6-9,12H,4-5,10-11H2,1-3H3. The van der Waals surface area contributed by atoms with Crippen LogP contribution in [-0.2, 0) is 12.0 Å². The summed E-state index contributed by atoms with van der Waals surface area (Å²) in [6.07, 6.45) is 2.22. The maximum atomic E-state index is 5.81. The summed E-state index contributed by atoms with van der Waals surface area (Å²) in [6, 6.07) is 10.5. The molecule has 0 atom stereocenters. The smallest absolute Gasteiger partial charge is 0.128 e. The van der Waals surface area contributed by atoms with E-state index < -0.39 is 0 Å². The van der Waals surface area contributed by atoms with Gasteiger partial charge >= 0.3 is 0 Å². The Balaban J connectivity index is 2.13. The predicted molar refractivity (Wildman–Crippen MR) is 81.1 cm³/mol. The van der Waals surface area contributed by atoms with Crippen molar-refractivity contribution in [3.05, 3.63) is 36.0 Å². The Hall–Kier alpha value is -1.77. The van der Waals surface area contributed by atoms with Gasteiger partial charge in [-0.1, -0.05) is 32.9 Å². The lowest BCUT2D eigenvalue weighted by atomic mass is 9.81. The number of hydrogen-bond acceptors (Lipinski definition) is 2. The number of hydrogen-bond donors (Lipinski definition) is 0. The van der Waals surface area contributed by atoms with E-state index in [4.69, 9.17) is 9.84 Å². The second kappa shape index (κ2) is 4.97. The molecule has 2 aromatic rings. The lowest BCUT2D eigenvalue weighted by Crippen LogP contribution is -2.21. The van der Waals surface area contributed by atoms with Gasteiger partial charge < -0.3 is 4.74 Å². The van der Waals surface area contributed by atoms with Crippen LogP contribution < -0.4 is 4.74 Å². The number of benzene rings is 1. The maximum Gasteiger partial charge on any atom is 0.128 e. The van der Waals surface area contributed by atoms with Crippen LogP contribution in [-0.4, -0.2) is 16.4 Å². The molecule has 3 heteroatoms. The van der Waals surface area contributed by atoms with Gasteiger partial charge in [-0.2, -0.15) is 5.10 Å². The SMILES string of the molecule is CCC(C)(CC)c1cc2n(n1)CCOc1ccccc1-2. The van der Waals surface area contributed by atoms with Crippen LogP contribution in [0, 0.1) is 0 Å². The van der Waals surface area contributed by atoms with Crippen molar-refractivity contribution in [2.75, 3.05) is 6.61 Å². The van der Waals surface area contributed by atoms with Crippen molar-refractivity contribution < 1.29 is 4.74 Å². The Bertz CT molecular complexity index is 611. The summed E-state index contributed by atoms with van der Waals surface area (Å²) in [5.41, 5.74) is 3.70. The summed E-state index contributed by atoms with van der Waals surface area (Å²) in [5.74, 6) is 0.965. The van der Waals surface area contributed by atoms with Gasteiger partial charge in [-0.15, -0.1) is 0 Å². The van der Waals surface area contributed by atoms with Crippen molar-refractivity contribution in [3.63, 3.8) is 0 Å². The maximum absolute atomic E-state index is 5.81. The summed E-state index contributed by atoms with van der Waals surface area (Å²) in [4.78, 5) is 0. The monoisotopic (exact) mass is 270 g/mol. The molecule has 0 bridgehead atoms. The highest BCUT2D eigenvalue weighted by Crippen LogP contribution is 2.37. The molecule has 0 spiro atoms. The molecule has 0 radical (unpaired) electrons. The van der Waals surface area contributed by atoms with Gasteiger partial charge in [0.05, 0.1) is 17.9 Å². The lowest BCUT2D eigenvalue weighted by Gasteiger charge is -2.24. The van der Waals surface area contributed by atoms with Gasteiger partial charge in [-0.25, -0.2) is 0 Å². The zero-order valence-electron chi connectivity index (χ0n) is 12.5. The molecule has 0 unspecified atom stereocenters. The molecule has 1 aromatic heterocycles. The number of aromatic nitrogens is 2. The minimum Gasteiger partial charge on any atom is -0.491 e. The third kappa shape index (κ3) is 2.01. The second-order valence-electron chi connectivity index (χ2n) is 5.75. The minimum atomic E-state index is 0.162. The van der Waals surface area contributed by atoms with E-state index in [1.165, 1.54) is 11.4 Å². The molecule has 3 nitrogen and oxygen atoms in total. The quantitative estimate of drug-likeness (QED) is 0.842. The summed E-state index contributed by atoms with van der Waals surface area (Å²) < 4.78 is 7.91. The lowest BCUT2D eigenvalue weighted by molar-refractivity contribution is 0.298. The zero-order chi connectivity index (χ0) is 14.2. The van der Waals surface area contributed by atoms with Crippen LogP contribution in [0.15, 0.2) is 30.3 Å². The summed E-state index contributed by atoms with van der Waals surface area (Å²) in [6.45, 7) is 8.28. The van der Waals surface area contributed by atoms with Crippen LogP contribution in [0.3, 0.4) is 0 Å². The van der Waals surface area contributed by atoms with E-state index in [0.717, 1.165) is 30.7 Å². The molecule has 1 aliphatic heterocycles. The van der Waals surface area contributed by atoms with Gasteiger partial charge in [-0.3, -0.25) is 4.68 Å². The van der Waals surface area contributed by atoms with Crippen LogP contribution in [0.1, 0.15) is 39.3 Å². The first-order valence-corrected chi connectivity index (χ1v) is 7.48. The van der Waals surface area contributed by atoms with E-state index >= 15 is 0 Å². The summed E-state index contributed by atoms with van der Waals surface area (Å²) in [7, 11) is 0. The highest BCUT2D eigenvalue weighted by molar-refractivity contribution is 5.68. The zero-order valence-corrected chi connectivity index (χ0v) is 12.5. The Kier molecular flexibility index (Phi) is 3.28. The van der Waals surface area contributed by atoms with E-state index in [0.29, 0.717) is 6.61 Å². The molecule has 2 heterocycles. The molecule has 0 aliphatic carbocycles. The first-order chi connectivity index (χ1) is 9.68. The Morgan fingerprint density at radius 2 is 2.00 bits per heavy atom. The van der Waals surface area contributed by atoms with Crippen LogP contribution >= 0.6 is 0 Å². The molecule has 20 heavy (non-hydrogen) atoms. The predicted octanol–water partition coefficient (Wildman–Crippen LogP) is 4.02. The molecular formula is C17H22N2O. The first kappa shape index (κ1) is 13.2. The van der Waals surface area contributed by atoms with Crippen molar-refractivity contribution >= 4 is 0 Å². The van der Waals surface area contributed by atoms with Crippen LogP contribution in [0.25, 0.3) is 11.3 Å². The van der Waals surface area contributed by atoms with Crippen molar-refractivity contribution in [3.8, 4) is 17.0 Å². The fourth-order valence-corrected chi connectivity index (χ4v) is 2.76. The third-order valence-corrected chi connectivity index (χ3v) is 4.68. The number of nitrogens with zero attached hydrogens (tertiary/aromatic N) is 2. The molecular weight excluding hydrogens is 248 g/mol. The van der Waals surface area contributed by atoms with E-state index in [2.05, 4.69) is 43.7 Å². The number of ether oxygens (including phenoxy) is 1. The van der Waals surface area contributed by atoms with Gasteiger partial charge in [0.2, 0.25) is 0 Å². The van der Waals surface area contributed by atoms with Gasteiger partial charge in [0.25, 0.3) is 0 Å². The molecule has 1 aliphatic rings. The normalized spacial score (nSPS) is 14.2. The van der Waals surface area contributed by atoms with E-state index in [-0.39, 0.29) is 5.41 Å². The van der Waals surface area contributed by atoms with Crippen molar-refractivity contribution in [2.24, 2.45) is 0 Å². The summed E-state index contributed by atoms with van der Waals surface area (Å²) in [5, 5.41) is 4.86. The van der Waals surface area contributed by atoms with Crippen molar-refractivity contribution in [1.29, 1.82) is 0 Å². The first-order valence-electron chi connectivity index (χ1n) is 7.48. The number of fused-ring (bicyclic) bond motifs is 3. The van der Waals surface area contributed by atoms with E-state index in [1.54, 1.807) is 0 Å². The molecule has 0 saturated heterocycles. The summed E-state index contributed by atoms with van der Waals surface area (Å²) >= 11 is 0. The molecule has 106 valence electrons. The molecule has 0 amide bonds. The van der Waals surface area contributed by atoms with E-state index in [9.17, 15) is 0 Å². The highest BCUT2D eigenvalue weighted by Gasteiger charge is 2.28.